The quantitative estimate of drug-likeness (QED) is 0.863. The summed E-state index contributed by atoms with van der Waals surface area (Å²) in [5.74, 6) is 0.0197. The summed E-state index contributed by atoms with van der Waals surface area (Å²) < 4.78 is 0. The predicted molar refractivity (Wildman–Crippen MR) is 104 cm³/mol. The molecular weight excluding hydrogens is 364 g/mol. The van der Waals surface area contributed by atoms with Crippen LogP contribution in [0.1, 0.15) is 44.6 Å². The number of hydrogen-bond donors (Lipinski definition) is 1. The van der Waals surface area contributed by atoms with Gasteiger partial charge in [0.1, 0.15) is 6.07 Å². The molecule has 2 fully saturated rings. The van der Waals surface area contributed by atoms with Gasteiger partial charge in [-0.2, -0.15) is 5.26 Å². The molecule has 1 saturated carbocycles. The van der Waals surface area contributed by atoms with Gasteiger partial charge in [-0.1, -0.05) is 30.9 Å². The minimum absolute atomic E-state index is 0.113. The number of amides is 2. The second-order valence-electron chi connectivity index (χ2n) is 7.52. The zero-order valence-electron chi connectivity index (χ0n) is 15.6. The van der Waals surface area contributed by atoms with Gasteiger partial charge >= 0.3 is 0 Å². The van der Waals surface area contributed by atoms with Gasteiger partial charge in [0.2, 0.25) is 11.8 Å². The Hall–Kier alpha value is -2.10. The highest BCUT2D eigenvalue weighted by Crippen LogP contribution is 2.36. The number of nitriles is 1. The standard InChI is InChI=1S/C20H25ClN4O2/c1-15(26)25-10-9-24(14-20(25)7-3-2-4-8-20)13-19(27)23-17-6-5-16(12-22)18(21)11-17/h5-6,11H,2-4,7-10,13-14H2,1H3,(H,23,27). The summed E-state index contributed by atoms with van der Waals surface area (Å²) in [5.41, 5.74) is 0.841. The van der Waals surface area contributed by atoms with E-state index in [2.05, 4.69) is 10.2 Å². The topological polar surface area (TPSA) is 76.4 Å². The molecule has 1 aliphatic carbocycles. The average molecular weight is 389 g/mol. The fraction of sp³-hybridized carbons (Fsp3) is 0.550. The molecule has 0 bridgehead atoms. The molecule has 1 aliphatic heterocycles. The fourth-order valence-electron chi connectivity index (χ4n) is 4.41. The number of benzene rings is 1. The van der Waals surface area contributed by atoms with Gasteiger partial charge < -0.3 is 10.2 Å². The van der Waals surface area contributed by atoms with Crippen LogP contribution in [0.15, 0.2) is 18.2 Å². The van der Waals surface area contributed by atoms with E-state index in [1.165, 1.54) is 6.42 Å². The molecule has 7 heteroatoms. The van der Waals surface area contributed by atoms with Crippen molar-refractivity contribution in [3.63, 3.8) is 0 Å². The molecule has 2 amide bonds. The molecule has 1 aromatic rings. The maximum Gasteiger partial charge on any atom is 0.238 e. The Morgan fingerprint density at radius 3 is 2.63 bits per heavy atom. The Labute approximate surface area is 165 Å². The highest BCUT2D eigenvalue weighted by molar-refractivity contribution is 6.32. The van der Waals surface area contributed by atoms with E-state index in [0.29, 0.717) is 29.4 Å². The Kier molecular flexibility index (Phi) is 6.03. The molecule has 1 heterocycles. The summed E-state index contributed by atoms with van der Waals surface area (Å²) in [4.78, 5) is 28.8. The number of hydrogen-bond acceptors (Lipinski definition) is 4. The summed E-state index contributed by atoms with van der Waals surface area (Å²) in [6.07, 6.45) is 5.50. The number of anilines is 1. The van der Waals surface area contributed by atoms with Crippen molar-refractivity contribution in [2.75, 3.05) is 31.5 Å². The van der Waals surface area contributed by atoms with E-state index < -0.39 is 0 Å². The monoisotopic (exact) mass is 388 g/mol. The van der Waals surface area contributed by atoms with Crippen LogP contribution < -0.4 is 5.32 Å². The van der Waals surface area contributed by atoms with Crippen LogP contribution in [0, 0.1) is 11.3 Å². The van der Waals surface area contributed by atoms with Crippen molar-refractivity contribution in [2.24, 2.45) is 0 Å². The minimum atomic E-state index is -0.125. The third-order valence-corrected chi connectivity index (χ3v) is 5.95. The number of carbonyl (C=O) groups is 2. The normalized spacial score (nSPS) is 19.5. The van der Waals surface area contributed by atoms with Crippen LogP contribution in [-0.4, -0.2) is 53.3 Å². The molecule has 27 heavy (non-hydrogen) atoms. The van der Waals surface area contributed by atoms with Crippen LogP contribution in [0.2, 0.25) is 5.02 Å². The number of piperazine rings is 1. The van der Waals surface area contributed by atoms with Crippen LogP contribution in [0.25, 0.3) is 0 Å². The lowest BCUT2D eigenvalue weighted by molar-refractivity contribution is -0.142. The molecule has 1 N–H and O–H groups in total. The van der Waals surface area contributed by atoms with Crippen LogP contribution in [0.5, 0.6) is 0 Å². The van der Waals surface area contributed by atoms with Gasteiger partial charge in [-0.25, -0.2) is 0 Å². The Bertz CT molecular complexity index is 768. The zero-order chi connectivity index (χ0) is 19.4. The number of nitrogens with one attached hydrogen (secondary N) is 1. The van der Waals surface area contributed by atoms with Crippen molar-refractivity contribution in [1.82, 2.24) is 9.80 Å². The zero-order valence-corrected chi connectivity index (χ0v) is 16.4. The Morgan fingerprint density at radius 2 is 2.00 bits per heavy atom. The smallest absolute Gasteiger partial charge is 0.238 e. The summed E-state index contributed by atoms with van der Waals surface area (Å²) in [6, 6.07) is 6.87. The summed E-state index contributed by atoms with van der Waals surface area (Å²) >= 11 is 6.03. The number of rotatable bonds is 3. The lowest BCUT2D eigenvalue weighted by atomic mass is 9.78. The summed E-state index contributed by atoms with van der Waals surface area (Å²) in [7, 11) is 0. The van der Waals surface area contributed by atoms with Gasteiger partial charge in [0, 0.05) is 32.2 Å². The second-order valence-corrected chi connectivity index (χ2v) is 7.93. The molecule has 0 atom stereocenters. The molecule has 2 aliphatic rings. The first-order valence-electron chi connectivity index (χ1n) is 9.44. The van der Waals surface area contributed by atoms with E-state index in [-0.39, 0.29) is 23.9 Å². The van der Waals surface area contributed by atoms with E-state index in [1.54, 1.807) is 25.1 Å². The van der Waals surface area contributed by atoms with Gasteiger partial charge in [-0.15, -0.1) is 0 Å². The van der Waals surface area contributed by atoms with Crippen molar-refractivity contribution >= 4 is 29.1 Å². The summed E-state index contributed by atoms with van der Waals surface area (Å²) in [6.45, 7) is 4.04. The minimum Gasteiger partial charge on any atom is -0.335 e. The van der Waals surface area contributed by atoms with Crippen molar-refractivity contribution in [1.29, 1.82) is 5.26 Å². The molecule has 1 spiro atoms. The van der Waals surface area contributed by atoms with Crippen molar-refractivity contribution < 1.29 is 9.59 Å². The second kappa shape index (κ2) is 8.28. The van der Waals surface area contributed by atoms with E-state index in [9.17, 15) is 9.59 Å². The summed E-state index contributed by atoms with van der Waals surface area (Å²) in [5, 5.41) is 12.1. The first kappa shape index (κ1) is 19.7. The van der Waals surface area contributed by atoms with Gasteiger partial charge in [0.15, 0.2) is 0 Å². The molecular formula is C20H25ClN4O2. The van der Waals surface area contributed by atoms with E-state index in [1.807, 2.05) is 11.0 Å². The Balaban J connectivity index is 1.63. The lowest BCUT2D eigenvalue weighted by Gasteiger charge is -2.52. The largest absolute Gasteiger partial charge is 0.335 e. The Morgan fingerprint density at radius 1 is 1.26 bits per heavy atom. The first-order chi connectivity index (χ1) is 12.9. The van der Waals surface area contributed by atoms with E-state index >= 15 is 0 Å². The number of halogens is 1. The van der Waals surface area contributed by atoms with Crippen molar-refractivity contribution in [3.05, 3.63) is 28.8 Å². The molecule has 0 radical (unpaired) electrons. The van der Waals surface area contributed by atoms with Crippen LogP contribution in [0.3, 0.4) is 0 Å². The maximum absolute atomic E-state index is 12.5. The third kappa shape index (κ3) is 4.42. The molecule has 144 valence electrons. The van der Waals surface area contributed by atoms with Crippen LogP contribution in [-0.2, 0) is 9.59 Å². The van der Waals surface area contributed by atoms with E-state index in [4.69, 9.17) is 16.9 Å². The van der Waals surface area contributed by atoms with Gasteiger partial charge in [0.05, 0.1) is 22.7 Å². The third-order valence-electron chi connectivity index (χ3n) is 5.64. The number of carbonyl (C=O) groups excluding carboxylic acids is 2. The fourth-order valence-corrected chi connectivity index (χ4v) is 4.63. The van der Waals surface area contributed by atoms with Gasteiger partial charge in [-0.05, 0) is 31.0 Å². The lowest BCUT2D eigenvalue weighted by Crippen LogP contribution is -2.64. The van der Waals surface area contributed by atoms with E-state index in [0.717, 1.165) is 32.2 Å². The first-order valence-corrected chi connectivity index (χ1v) is 9.81. The molecule has 0 unspecified atom stereocenters. The molecule has 0 aromatic heterocycles. The molecule has 1 saturated heterocycles. The SMILES string of the molecule is CC(=O)N1CCN(CC(=O)Nc2ccc(C#N)c(Cl)c2)CC12CCCCC2. The van der Waals surface area contributed by atoms with Crippen molar-refractivity contribution in [2.45, 2.75) is 44.6 Å². The highest BCUT2D eigenvalue weighted by Gasteiger charge is 2.43. The average Bonchev–Trinajstić information content (AvgIpc) is 2.62. The van der Waals surface area contributed by atoms with Gasteiger partial charge in [-0.3, -0.25) is 14.5 Å². The maximum atomic E-state index is 12.5. The van der Waals surface area contributed by atoms with Crippen LogP contribution >= 0.6 is 11.6 Å². The molecule has 1 aromatic carbocycles. The predicted octanol–water partition coefficient (Wildman–Crippen LogP) is 3.02. The molecule has 6 nitrogen and oxygen atoms in total. The van der Waals surface area contributed by atoms with Gasteiger partial charge in [0.25, 0.3) is 0 Å². The van der Waals surface area contributed by atoms with Crippen molar-refractivity contribution in [3.8, 4) is 6.07 Å². The highest BCUT2D eigenvalue weighted by atomic mass is 35.5. The van der Waals surface area contributed by atoms with Crippen LogP contribution in [0.4, 0.5) is 5.69 Å². The molecule has 3 rings (SSSR count). The number of nitrogens with zero attached hydrogens (tertiary/aromatic N) is 3.